The molecule has 0 aromatic heterocycles. The SMILES string of the molecule is COc1cc2c(cc1OC)C(=O)N(C)[C@@H](C)C(=O)N2. The fourth-order valence-electron chi connectivity index (χ4n) is 1.94. The maximum atomic E-state index is 12.3. The third kappa shape index (κ3) is 2.09. The highest BCUT2D eigenvalue weighted by Gasteiger charge is 2.31. The normalized spacial score (nSPS) is 18.5. The van der Waals surface area contributed by atoms with E-state index in [0.717, 1.165) is 0 Å². The van der Waals surface area contributed by atoms with Crippen LogP contribution < -0.4 is 14.8 Å². The van der Waals surface area contributed by atoms with Gasteiger partial charge in [0.25, 0.3) is 5.91 Å². The molecule has 1 heterocycles. The number of methoxy groups -OCH3 is 2. The molecule has 0 unspecified atom stereocenters. The summed E-state index contributed by atoms with van der Waals surface area (Å²) in [5.74, 6) is 0.446. The van der Waals surface area contributed by atoms with E-state index in [9.17, 15) is 9.59 Å². The zero-order valence-corrected chi connectivity index (χ0v) is 11.3. The maximum absolute atomic E-state index is 12.3. The fraction of sp³-hybridized carbons (Fsp3) is 0.385. The molecule has 6 heteroatoms. The largest absolute Gasteiger partial charge is 0.493 e. The summed E-state index contributed by atoms with van der Waals surface area (Å²) in [6.45, 7) is 1.67. The van der Waals surface area contributed by atoms with Crippen LogP contribution in [-0.4, -0.2) is 44.0 Å². The van der Waals surface area contributed by atoms with Crippen LogP contribution in [0, 0.1) is 0 Å². The highest BCUT2D eigenvalue weighted by atomic mass is 16.5. The summed E-state index contributed by atoms with van der Waals surface area (Å²) >= 11 is 0. The van der Waals surface area contributed by atoms with Crippen LogP contribution in [-0.2, 0) is 4.79 Å². The number of amides is 2. The quantitative estimate of drug-likeness (QED) is 0.869. The third-order valence-electron chi connectivity index (χ3n) is 3.29. The van der Waals surface area contributed by atoms with Crippen molar-refractivity contribution in [1.82, 2.24) is 4.90 Å². The molecule has 102 valence electrons. The summed E-state index contributed by atoms with van der Waals surface area (Å²) in [7, 11) is 4.59. The Bertz CT molecular complexity index is 542. The molecular formula is C13H16N2O4. The van der Waals surface area contributed by atoms with Crippen molar-refractivity contribution < 1.29 is 19.1 Å². The molecule has 1 aromatic carbocycles. The van der Waals surface area contributed by atoms with Crippen molar-refractivity contribution >= 4 is 17.5 Å². The fourth-order valence-corrected chi connectivity index (χ4v) is 1.94. The van der Waals surface area contributed by atoms with Gasteiger partial charge >= 0.3 is 0 Å². The van der Waals surface area contributed by atoms with E-state index in [0.29, 0.717) is 22.7 Å². The van der Waals surface area contributed by atoms with Gasteiger partial charge in [0.1, 0.15) is 6.04 Å². The molecule has 0 saturated carbocycles. The minimum absolute atomic E-state index is 0.234. The maximum Gasteiger partial charge on any atom is 0.256 e. The zero-order valence-electron chi connectivity index (χ0n) is 11.3. The van der Waals surface area contributed by atoms with Crippen molar-refractivity contribution in [3.05, 3.63) is 17.7 Å². The number of rotatable bonds is 2. The van der Waals surface area contributed by atoms with Crippen LogP contribution in [0.15, 0.2) is 12.1 Å². The molecule has 1 atom stereocenters. The zero-order chi connectivity index (χ0) is 14.2. The van der Waals surface area contributed by atoms with Gasteiger partial charge in [-0.05, 0) is 13.0 Å². The summed E-state index contributed by atoms with van der Waals surface area (Å²) < 4.78 is 10.3. The summed E-state index contributed by atoms with van der Waals surface area (Å²) in [4.78, 5) is 25.6. The Morgan fingerprint density at radius 3 is 2.32 bits per heavy atom. The van der Waals surface area contributed by atoms with Gasteiger partial charge in [0.05, 0.1) is 25.5 Å². The van der Waals surface area contributed by atoms with Gasteiger partial charge < -0.3 is 19.7 Å². The van der Waals surface area contributed by atoms with Gasteiger partial charge in [0.15, 0.2) is 11.5 Å². The number of likely N-dealkylation sites (N-methyl/N-ethyl adjacent to an activating group) is 1. The summed E-state index contributed by atoms with van der Waals surface area (Å²) in [6, 6.07) is 2.64. The molecule has 2 amide bonds. The van der Waals surface area contributed by atoms with E-state index in [1.54, 1.807) is 26.1 Å². The standard InChI is InChI=1S/C13H16N2O4/c1-7-12(16)14-9-6-11(19-4)10(18-3)5-8(9)13(17)15(7)2/h5-7H,1-4H3,(H,14,16)/t7-/m0/s1. The van der Waals surface area contributed by atoms with Crippen LogP contribution in [0.4, 0.5) is 5.69 Å². The lowest BCUT2D eigenvalue weighted by atomic mass is 10.1. The van der Waals surface area contributed by atoms with Gasteiger partial charge in [0.2, 0.25) is 5.91 Å². The summed E-state index contributed by atoms with van der Waals surface area (Å²) in [6.07, 6.45) is 0. The predicted octanol–water partition coefficient (Wildman–Crippen LogP) is 1.12. The molecule has 1 aromatic rings. The molecule has 0 fully saturated rings. The Labute approximate surface area is 111 Å². The van der Waals surface area contributed by atoms with Gasteiger partial charge in [-0.1, -0.05) is 0 Å². The molecule has 0 saturated heterocycles. The summed E-state index contributed by atoms with van der Waals surface area (Å²) in [5, 5.41) is 2.72. The Balaban J connectivity index is 2.60. The van der Waals surface area contributed by atoms with E-state index in [1.807, 2.05) is 0 Å². The first-order chi connectivity index (χ1) is 8.99. The average Bonchev–Trinajstić information content (AvgIpc) is 2.50. The van der Waals surface area contributed by atoms with E-state index < -0.39 is 6.04 Å². The molecule has 0 spiro atoms. The minimum atomic E-state index is -0.531. The first-order valence-electron chi connectivity index (χ1n) is 5.83. The lowest BCUT2D eigenvalue weighted by Crippen LogP contribution is -2.40. The average molecular weight is 264 g/mol. The van der Waals surface area contributed by atoms with Crippen molar-refractivity contribution in [3.8, 4) is 11.5 Å². The van der Waals surface area contributed by atoms with Crippen molar-refractivity contribution in [2.75, 3.05) is 26.6 Å². The van der Waals surface area contributed by atoms with E-state index in [1.165, 1.54) is 19.1 Å². The highest BCUT2D eigenvalue weighted by Crippen LogP contribution is 2.35. The molecule has 0 bridgehead atoms. The number of nitrogens with one attached hydrogen (secondary N) is 1. The minimum Gasteiger partial charge on any atom is -0.493 e. The van der Waals surface area contributed by atoms with Crippen molar-refractivity contribution in [2.45, 2.75) is 13.0 Å². The van der Waals surface area contributed by atoms with Gasteiger partial charge in [-0.3, -0.25) is 9.59 Å². The monoisotopic (exact) mass is 264 g/mol. The molecular weight excluding hydrogens is 248 g/mol. The number of nitrogens with zero attached hydrogens (tertiary/aromatic N) is 1. The number of benzene rings is 1. The van der Waals surface area contributed by atoms with Gasteiger partial charge in [0, 0.05) is 13.1 Å². The van der Waals surface area contributed by atoms with Gasteiger partial charge in [-0.2, -0.15) is 0 Å². The molecule has 1 aliphatic rings. The van der Waals surface area contributed by atoms with Crippen molar-refractivity contribution in [3.63, 3.8) is 0 Å². The van der Waals surface area contributed by atoms with E-state index >= 15 is 0 Å². The number of hydrogen-bond acceptors (Lipinski definition) is 4. The second-order valence-corrected chi connectivity index (χ2v) is 4.33. The van der Waals surface area contributed by atoms with E-state index in [2.05, 4.69) is 5.32 Å². The third-order valence-corrected chi connectivity index (χ3v) is 3.29. The van der Waals surface area contributed by atoms with Crippen LogP contribution >= 0.6 is 0 Å². The number of carbonyl (C=O) groups is 2. The van der Waals surface area contributed by atoms with Crippen LogP contribution in [0.3, 0.4) is 0 Å². The van der Waals surface area contributed by atoms with Crippen molar-refractivity contribution in [2.24, 2.45) is 0 Å². The molecule has 2 rings (SSSR count). The molecule has 19 heavy (non-hydrogen) atoms. The van der Waals surface area contributed by atoms with E-state index in [4.69, 9.17) is 9.47 Å². The van der Waals surface area contributed by atoms with Crippen molar-refractivity contribution in [1.29, 1.82) is 0 Å². The topological polar surface area (TPSA) is 67.9 Å². The predicted molar refractivity (Wildman–Crippen MR) is 69.7 cm³/mol. The Hall–Kier alpha value is -2.24. The Morgan fingerprint density at radius 2 is 1.74 bits per heavy atom. The number of anilines is 1. The van der Waals surface area contributed by atoms with E-state index in [-0.39, 0.29) is 11.8 Å². The molecule has 1 aliphatic heterocycles. The first kappa shape index (κ1) is 13.2. The number of hydrogen-bond donors (Lipinski definition) is 1. The second-order valence-electron chi connectivity index (χ2n) is 4.33. The molecule has 1 N–H and O–H groups in total. The van der Waals surface area contributed by atoms with Crippen LogP contribution in [0.2, 0.25) is 0 Å². The van der Waals surface area contributed by atoms with Gasteiger partial charge in [-0.15, -0.1) is 0 Å². The van der Waals surface area contributed by atoms with Crippen LogP contribution in [0.25, 0.3) is 0 Å². The van der Waals surface area contributed by atoms with Crippen LogP contribution in [0.5, 0.6) is 11.5 Å². The lowest BCUT2D eigenvalue weighted by Gasteiger charge is -2.20. The first-order valence-corrected chi connectivity index (χ1v) is 5.83. The smallest absolute Gasteiger partial charge is 0.256 e. The molecule has 0 radical (unpaired) electrons. The molecule has 0 aliphatic carbocycles. The Kier molecular flexibility index (Phi) is 3.33. The van der Waals surface area contributed by atoms with Crippen LogP contribution in [0.1, 0.15) is 17.3 Å². The number of ether oxygens (including phenoxy) is 2. The van der Waals surface area contributed by atoms with Gasteiger partial charge in [-0.25, -0.2) is 0 Å². The Morgan fingerprint density at radius 1 is 1.16 bits per heavy atom. The highest BCUT2D eigenvalue weighted by molar-refractivity contribution is 6.10. The lowest BCUT2D eigenvalue weighted by molar-refractivity contribution is -0.119. The molecule has 6 nitrogen and oxygen atoms in total. The number of fused-ring (bicyclic) bond motifs is 1. The second kappa shape index (κ2) is 4.79. The number of carbonyl (C=O) groups excluding carboxylic acids is 2. The summed E-state index contributed by atoms with van der Waals surface area (Å²) in [5.41, 5.74) is 0.821.